The fraction of sp³-hybridized carbons (Fsp3) is 0.231. The highest BCUT2D eigenvalue weighted by molar-refractivity contribution is 5.96. The minimum Gasteiger partial charge on any atom is -0.507 e. The molecule has 1 amide bonds. The summed E-state index contributed by atoms with van der Waals surface area (Å²) in [5.74, 6) is 0.715. The van der Waals surface area contributed by atoms with Crippen LogP contribution < -0.4 is 5.32 Å². The minimum absolute atomic E-state index is 0.0502. The Balaban J connectivity index is 2.10. The average Bonchev–Trinajstić information content (AvgIpc) is 2.76. The van der Waals surface area contributed by atoms with Crippen LogP contribution >= 0.6 is 0 Å². The molecule has 1 aromatic carbocycles. The molecule has 18 heavy (non-hydrogen) atoms. The first-order chi connectivity index (χ1) is 8.58. The summed E-state index contributed by atoms with van der Waals surface area (Å²) in [6, 6.07) is 6.01. The van der Waals surface area contributed by atoms with Gasteiger partial charge in [0.2, 0.25) is 5.89 Å². The van der Waals surface area contributed by atoms with E-state index in [9.17, 15) is 9.90 Å². The van der Waals surface area contributed by atoms with Crippen LogP contribution in [0.2, 0.25) is 0 Å². The van der Waals surface area contributed by atoms with E-state index in [2.05, 4.69) is 10.3 Å². The number of nitrogens with zero attached hydrogens (tertiary/aromatic N) is 1. The molecule has 0 fully saturated rings. The Hall–Kier alpha value is -2.30. The van der Waals surface area contributed by atoms with Crippen molar-refractivity contribution in [3.05, 3.63) is 47.7 Å². The van der Waals surface area contributed by atoms with Crippen LogP contribution in [0.25, 0.3) is 0 Å². The third kappa shape index (κ3) is 2.51. The van der Waals surface area contributed by atoms with Crippen molar-refractivity contribution in [1.82, 2.24) is 10.3 Å². The lowest BCUT2D eigenvalue weighted by molar-refractivity contribution is 0.0931. The van der Waals surface area contributed by atoms with E-state index in [1.165, 1.54) is 6.07 Å². The maximum absolute atomic E-state index is 11.9. The van der Waals surface area contributed by atoms with Gasteiger partial charge >= 0.3 is 0 Å². The Bertz CT molecular complexity index is 563. The van der Waals surface area contributed by atoms with Crippen LogP contribution in [0.5, 0.6) is 5.75 Å². The zero-order valence-corrected chi connectivity index (χ0v) is 10.2. The van der Waals surface area contributed by atoms with Gasteiger partial charge in [-0.3, -0.25) is 4.79 Å². The molecule has 0 radical (unpaired) electrons. The standard InChI is InChI=1S/C13H14N2O3/c1-8-7-14-13(18-8)9(2)15-12(17)10-5-3-4-6-11(10)16/h3-7,9,16H,1-2H3,(H,15,17). The van der Waals surface area contributed by atoms with E-state index < -0.39 is 0 Å². The highest BCUT2D eigenvalue weighted by Crippen LogP contribution is 2.18. The lowest BCUT2D eigenvalue weighted by atomic mass is 10.2. The van der Waals surface area contributed by atoms with E-state index in [-0.39, 0.29) is 23.3 Å². The molecule has 94 valence electrons. The van der Waals surface area contributed by atoms with E-state index in [1.54, 1.807) is 38.2 Å². The number of para-hydroxylation sites is 1. The maximum atomic E-state index is 11.9. The topological polar surface area (TPSA) is 75.4 Å². The second-order valence-corrected chi connectivity index (χ2v) is 4.02. The number of amides is 1. The molecule has 0 aliphatic rings. The van der Waals surface area contributed by atoms with E-state index >= 15 is 0 Å². The number of carbonyl (C=O) groups is 1. The van der Waals surface area contributed by atoms with Gasteiger partial charge in [0.25, 0.3) is 5.91 Å². The number of hydrogen-bond acceptors (Lipinski definition) is 4. The highest BCUT2D eigenvalue weighted by atomic mass is 16.4. The number of carbonyl (C=O) groups excluding carboxylic acids is 1. The molecular weight excluding hydrogens is 232 g/mol. The Labute approximate surface area is 104 Å². The second-order valence-electron chi connectivity index (χ2n) is 4.02. The van der Waals surface area contributed by atoms with Gasteiger partial charge in [-0.25, -0.2) is 4.98 Å². The first-order valence-electron chi connectivity index (χ1n) is 5.59. The summed E-state index contributed by atoms with van der Waals surface area (Å²) in [6.07, 6.45) is 1.60. The van der Waals surface area contributed by atoms with Gasteiger partial charge in [0, 0.05) is 0 Å². The van der Waals surface area contributed by atoms with Crippen molar-refractivity contribution in [1.29, 1.82) is 0 Å². The number of phenols is 1. The highest BCUT2D eigenvalue weighted by Gasteiger charge is 2.17. The first-order valence-corrected chi connectivity index (χ1v) is 5.59. The van der Waals surface area contributed by atoms with Crippen LogP contribution in [0.1, 0.15) is 35.0 Å². The van der Waals surface area contributed by atoms with Crippen LogP contribution in [0.3, 0.4) is 0 Å². The fourth-order valence-corrected chi connectivity index (χ4v) is 1.57. The number of nitrogens with one attached hydrogen (secondary N) is 1. The lowest BCUT2D eigenvalue weighted by Gasteiger charge is -2.11. The summed E-state index contributed by atoms with van der Waals surface area (Å²) < 4.78 is 5.32. The number of hydrogen-bond donors (Lipinski definition) is 2. The predicted molar refractivity (Wildman–Crippen MR) is 65.2 cm³/mol. The molecule has 1 unspecified atom stereocenters. The SMILES string of the molecule is Cc1cnc(C(C)NC(=O)c2ccccc2O)o1. The van der Waals surface area contributed by atoms with Crippen molar-refractivity contribution in [2.75, 3.05) is 0 Å². The number of benzene rings is 1. The fourth-order valence-electron chi connectivity index (χ4n) is 1.57. The Morgan fingerprint density at radius 1 is 1.44 bits per heavy atom. The molecule has 0 spiro atoms. The van der Waals surface area contributed by atoms with Gasteiger partial charge in [-0.05, 0) is 26.0 Å². The molecule has 0 bridgehead atoms. The average molecular weight is 246 g/mol. The van der Waals surface area contributed by atoms with Crippen LogP contribution in [-0.4, -0.2) is 16.0 Å². The van der Waals surface area contributed by atoms with E-state index in [0.29, 0.717) is 11.7 Å². The summed E-state index contributed by atoms with van der Waals surface area (Å²) >= 11 is 0. The van der Waals surface area contributed by atoms with Crippen molar-refractivity contribution in [2.45, 2.75) is 19.9 Å². The van der Waals surface area contributed by atoms with Gasteiger partial charge in [0.05, 0.1) is 11.8 Å². The van der Waals surface area contributed by atoms with Gasteiger partial charge in [0.1, 0.15) is 17.6 Å². The maximum Gasteiger partial charge on any atom is 0.255 e. The Morgan fingerprint density at radius 3 is 2.78 bits per heavy atom. The smallest absolute Gasteiger partial charge is 0.255 e. The number of aryl methyl sites for hydroxylation is 1. The summed E-state index contributed by atoms with van der Waals surface area (Å²) in [4.78, 5) is 16.0. The molecule has 2 rings (SSSR count). The zero-order chi connectivity index (χ0) is 13.1. The minimum atomic E-state index is -0.364. The molecule has 0 aliphatic carbocycles. The van der Waals surface area contributed by atoms with Crippen LogP contribution in [0.15, 0.2) is 34.9 Å². The number of rotatable bonds is 3. The second kappa shape index (κ2) is 4.91. The van der Waals surface area contributed by atoms with Gasteiger partial charge < -0.3 is 14.8 Å². The third-order valence-electron chi connectivity index (χ3n) is 2.51. The first kappa shape index (κ1) is 12.2. The number of phenolic OH excluding ortho intramolecular Hbond substituents is 1. The molecule has 1 aromatic heterocycles. The summed E-state index contributed by atoms with van der Waals surface area (Å²) in [5, 5.41) is 12.3. The van der Waals surface area contributed by atoms with Crippen molar-refractivity contribution in [3.8, 4) is 5.75 Å². The molecular formula is C13H14N2O3. The molecule has 0 saturated carbocycles. The lowest BCUT2D eigenvalue weighted by Crippen LogP contribution is -2.26. The summed E-state index contributed by atoms with van der Waals surface area (Å²) in [6.45, 7) is 3.55. The molecule has 1 atom stereocenters. The van der Waals surface area contributed by atoms with Crippen LogP contribution in [0.4, 0.5) is 0 Å². The van der Waals surface area contributed by atoms with Gasteiger partial charge in [-0.15, -0.1) is 0 Å². The van der Waals surface area contributed by atoms with Crippen molar-refractivity contribution in [3.63, 3.8) is 0 Å². The van der Waals surface area contributed by atoms with Crippen molar-refractivity contribution >= 4 is 5.91 Å². The molecule has 5 heteroatoms. The largest absolute Gasteiger partial charge is 0.507 e. The molecule has 1 heterocycles. The summed E-state index contributed by atoms with van der Waals surface area (Å²) in [7, 11) is 0. The monoisotopic (exact) mass is 246 g/mol. The molecule has 5 nitrogen and oxygen atoms in total. The Kier molecular flexibility index (Phi) is 3.32. The molecule has 0 aliphatic heterocycles. The number of oxazole rings is 1. The molecule has 2 N–H and O–H groups in total. The summed E-state index contributed by atoms with van der Waals surface area (Å²) in [5.41, 5.74) is 0.229. The van der Waals surface area contributed by atoms with Crippen molar-refractivity contribution < 1.29 is 14.3 Å². The Morgan fingerprint density at radius 2 is 2.17 bits per heavy atom. The quantitative estimate of drug-likeness (QED) is 0.870. The van der Waals surface area contributed by atoms with Crippen molar-refractivity contribution in [2.24, 2.45) is 0 Å². The number of aromatic hydroxyl groups is 1. The zero-order valence-electron chi connectivity index (χ0n) is 10.2. The van der Waals surface area contributed by atoms with E-state index in [1.807, 2.05) is 0 Å². The van der Waals surface area contributed by atoms with Crippen LogP contribution in [-0.2, 0) is 0 Å². The van der Waals surface area contributed by atoms with Gasteiger partial charge in [-0.1, -0.05) is 12.1 Å². The number of aromatic nitrogens is 1. The van der Waals surface area contributed by atoms with Gasteiger partial charge in [0.15, 0.2) is 0 Å². The molecule has 0 saturated heterocycles. The van der Waals surface area contributed by atoms with E-state index in [0.717, 1.165) is 0 Å². The van der Waals surface area contributed by atoms with E-state index in [4.69, 9.17) is 4.42 Å². The van der Waals surface area contributed by atoms with Gasteiger partial charge in [-0.2, -0.15) is 0 Å². The van der Waals surface area contributed by atoms with Crippen LogP contribution in [0, 0.1) is 6.92 Å². The third-order valence-corrected chi connectivity index (χ3v) is 2.51. The molecule has 2 aromatic rings. The normalized spacial score (nSPS) is 12.1. The predicted octanol–water partition coefficient (Wildman–Crippen LogP) is 2.18.